The molecule has 1 aromatic carbocycles. The van der Waals surface area contributed by atoms with Crippen LogP contribution in [0.15, 0.2) is 24.3 Å². The van der Waals surface area contributed by atoms with Crippen LogP contribution in [-0.2, 0) is 19.7 Å². The van der Waals surface area contributed by atoms with Crippen LogP contribution in [0, 0.1) is 0 Å². The van der Waals surface area contributed by atoms with Gasteiger partial charge in [-0.1, -0.05) is 32.9 Å². The van der Waals surface area contributed by atoms with Gasteiger partial charge in [-0.15, -0.1) is 0 Å². The maximum absolute atomic E-state index is 11.7. The summed E-state index contributed by atoms with van der Waals surface area (Å²) >= 11 is 0. The van der Waals surface area contributed by atoms with Crippen molar-refractivity contribution in [3.63, 3.8) is 0 Å². The Balaban J connectivity index is 1.88. The van der Waals surface area contributed by atoms with Gasteiger partial charge >= 0.3 is 5.97 Å². The molecule has 0 saturated carbocycles. The topological polar surface area (TPSA) is 44.8 Å². The van der Waals surface area contributed by atoms with Gasteiger partial charge in [0.2, 0.25) is 0 Å². The van der Waals surface area contributed by atoms with Crippen molar-refractivity contribution in [3.8, 4) is 5.75 Å². The molecule has 1 saturated heterocycles. The second-order valence-electron chi connectivity index (χ2n) is 6.93. The fourth-order valence-electron chi connectivity index (χ4n) is 2.01. The Morgan fingerprint density at radius 1 is 1.24 bits per heavy atom. The third-order valence-corrected chi connectivity index (χ3v) is 3.55. The molecule has 1 unspecified atom stereocenters. The predicted octanol–water partition coefficient (Wildman–Crippen LogP) is 3.08. The average Bonchev–Trinajstić information content (AvgIpc) is 2.40. The molecule has 0 aromatic heterocycles. The standard InChI is InChI=1S/C17H24O4/c1-16(2,3)12-6-8-13(9-7-12)19-10-14-11-20-17(4,5)15(18)21-14/h6-9,14H,10-11H2,1-5H3. The number of carbonyl (C=O) groups is 1. The summed E-state index contributed by atoms with van der Waals surface area (Å²) in [6.07, 6.45) is -0.354. The fraction of sp³-hybridized carbons (Fsp3) is 0.588. The third-order valence-electron chi connectivity index (χ3n) is 3.55. The Bertz CT molecular complexity index is 497. The summed E-state index contributed by atoms with van der Waals surface area (Å²) in [5.41, 5.74) is 0.519. The molecule has 21 heavy (non-hydrogen) atoms. The minimum absolute atomic E-state index is 0.122. The first-order valence-electron chi connectivity index (χ1n) is 7.27. The number of esters is 1. The lowest BCUT2D eigenvalue weighted by Gasteiger charge is -2.33. The smallest absolute Gasteiger partial charge is 0.338 e. The first-order chi connectivity index (χ1) is 9.68. The Hall–Kier alpha value is -1.55. The van der Waals surface area contributed by atoms with Gasteiger partial charge in [-0.05, 0) is 37.0 Å². The van der Waals surface area contributed by atoms with E-state index in [1.807, 2.05) is 12.1 Å². The third kappa shape index (κ3) is 3.97. The highest BCUT2D eigenvalue weighted by molar-refractivity contribution is 5.79. The van der Waals surface area contributed by atoms with Crippen LogP contribution in [-0.4, -0.2) is 30.9 Å². The van der Waals surface area contributed by atoms with Gasteiger partial charge in [0.25, 0.3) is 0 Å². The zero-order chi connectivity index (χ0) is 15.7. The molecule has 1 aliphatic rings. The van der Waals surface area contributed by atoms with E-state index in [2.05, 4.69) is 32.9 Å². The molecule has 0 bridgehead atoms. The molecule has 1 fully saturated rings. The molecule has 1 aromatic rings. The minimum Gasteiger partial charge on any atom is -0.490 e. The zero-order valence-corrected chi connectivity index (χ0v) is 13.4. The zero-order valence-electron chi connectivity index (χ0n) is 13.4. The van der Waals surface area contributed by atoms with Gasteiger partial charge < -0.3 is 14.2 Å². The molecule has 1 aliphatic heterocycles. The number of carbonyl (C=O) groups excluding carboxylic acids is 1. The summed E-state index contributed by atoms with van der Waals surface area (Å²) in [6.45, 7) is 10.6. The lowest BCUT2D eigenvalue weighted by atomic mass is 9.87. The number of cyclic esters (lactones) is 1. The van der Waals surface area contributed by atoms with Crippen LogP contribution in [0.5, 0.6) is 5.75 Å². The summed E-state index contributed by atoms with van der Waals surface area (Å²) in [7, 11) is 0. The van der Waals surface area contributed by atoms with Gasteiger partial charge in [-0.2, -0.15) is 0 Å². The number of benzene rings is 1. The second kappa shape index (κ2) is 5.68. The van der Waals surface area contributed by atoms with Crippen molar-refractivity contribution in [2.75, 3.05) is 13.2 Å². The number of hydrogen-bond donors (Lipinski definition) is 0. The van der Waals surface area contributed by atoms with E-state index in [9.17, 15) is 4.79 Å². The van der Waals surface area contributed by atoms with Crippen molar-refractivity contribution in [3.05, 3.63) is 29.8 Å². The fourth-order valence-corrected chi connectivity index (χ4v) is 2.01. The molecule has 0 aliphatic carbocycles. The van der Waals surface area contributed by atoms with E-state index in [1.54, 1.807) is 13.8 Å². The van der Waals surface area contributed by atoms with Gasteiger partial charge in [0.15, 0.2) is 11.7 Å². The van der Waals surface area contributed by atoms with E-state index < -0.39 is 5.60 Å². The second-order valence-corrected chi connectivity index (χ2v) is 6.93. The molecule has 1 heterocycles. The van der Waals surface area contributed by atoms with Gasteiger partial charge in [-0.25, -0.2) is 4.79 Å². The summed E-state index contributed by atoms with van der Waals surface area (Å²) in [6, 6.07) is 8.00. The summed E-state index contributed by atoms with van der Waals surface area (Å²) in [4.78, 5) is 11.7. The highest BCUT2D eigenvalue weighted by Gasteiger charge is 2.38. The lowest BCUT2D eigenvalue weighted by molar-refractivity contribution is -0.202. The Morgan fingerprint density at radius 3 is 2.38 bits per heavy atom. The maximum atomic E-state index is 11.7. The molecular weight excluding hydrogens is 268 g/mol. The van der Waals surface area contributed by atoms with E-state index in [4.69, 9.17) is 14.2 Å². The van der Waals surface area contributed by atoms with Gasteiger partial charge in [0.05, 0.1) is 6.61 Å². The highest BCUT2D eigenvalue weighted by Crippen LogP contribution is 2.25. The van der Waals surface area contributed by atoms with Gasteiger partial charge in [0.1, 0.15) is 12.4 Å². The van der Waals surface area contributed by atoms with Crippen molar-refractivity contribution in [1.82, 2.24) is 0 Å². The molecule has 2 rings (SSSR count). The Morgan fingerprint density at radius 2 is 1.86 bits per heavy atom. The highest BCUT2D eigenvalue weighted by atomic mass is 16.6. The molecule has 1 atom stereocenters. The normalized spacial score (nSPS) is 21.8. The number of rotatable bonds is 3. The van der Waals surface area contributed by atoms with Crippen LogP contribution in [0.1, 0.15) is 40.2 Å². The summed E-state index contributed by atoms with van der Waals surface area (Å²) < 4.78 is 16.5. The largest absolute Gasteiger partial charge is 0.490 e. The molecule has 0 amide bonds. The summed E-state index contributed by atoms with van der Waals surface area (Å²) in [5, 5.41) is 0. The quantitative estimate of drug-likeness (QED) is 0.803. The number of hydrogen-bond acceptors (Lipinski definition) is 4. The van der Waals surface area contributed by atoms with Crippen LogP contribution in [0.2, 0.25) is 0 Å². The molecule has 116 valence electrons. The van der Waals surface area contributed by atoms with Crippen LogP contribution in [0.3, 0.4) is 0 Å². The van der Waals surface area contributed by atoms with Crippen molar-refractivity contribution in [2.45, 2.75) is 51.7 Å². The van der Waals surface area contributed by atoms with Crippen molar-refractivity contribution in [2.24, 2.45) is 0 Å². The molecule has 0 N–H and O–H groups in total. The predicted molar refractivity (Wildman–Crippen MR) is 80.5 cm³/mol. The first kappa shape index (κ1) is 15.8. The number of ether oxygens (including phenoxy) is 3. The molecule has 0 radical (unpaired) electrons. The summed E-state index contributed by atoms with van der Waals surface area (Å²) in [5.74, 6) is 0.425. The van der Waals surface area contributed by atoms with Crippen LogP contribution >= 0.6 is 0 Å². The molecule has 4 nitrogen and oxygen atoms in total. The average molecular weight is 292 g/mol. The van der Waals surface area contributed by atoms with E-state index >= 15 is 0 Å². The SMILES string of the molecule is CC1(C)OCC(COc2ccc(C(C)(C)C)cc2)OC1=O. The monoisotopic (exact) mass is 292 g/mol. The molecule has 0 spiro atoms. The van der Waals surface area contributed by atoms with Gasteiger partial charge in [0, 0.05) is 0 Å². The maximum Gasteiger partial charge on any atom is 0.338 e. The van der Waals surface area contributed by atoms with E-state index in [-0.39, 0.29) is 17.5 Å². The Labute approximate surface area is 126 Å². The van der Waals surface area contributed by atoms with Crippen LogP contribution in [0.25, 0.3) is 0 Å². The van der Waals surface area contributed by atoms with Crippen molar-refractivity contribution >= 4 is 5.97 Å². The van der Waals surface area contributed by atoms with Gasteiger partial charge in [-0.3, -0.25) is 0 Å². The Kier molecular flexibility index (Phi) is 4.28. The van der Waals surface area contributed by atoms with Crippen molar-refractivity contribution < 1.29 is 19.0 Å². The van der Waals surface area contributed by atoms with E-state index in [1.165, 1.54) is 5.56 Å². The van der Waals surface area contributed by atoms with E-state index in [0.29, 0.717) is 13.2 Å². The molecular formula is C17H24O4. The van der Waals surface area contributed by atoms with Crippen LogP contribution < -0.4 is 4.74 Å². The van der Waals surface area contributed by atoms with Crippen LogP contribution in [0.4, 0.5) is 0 Å². The van der Waals surface area contributed by atoms with E-state index in [0.717, 1.165) is 5.75 Å². The van der Waals surface area contributed by atoms with Crippen molar-refractivity contribution in [1.29, 1.82) is 0 Å². The first-order valence-corrected chi connectivity index (χ1v) is 7.27. The molecule has 4 heteroatoms. The minimum atomic E-state index is -0.856. The lowest BCUT2D eigenvalue weighted by Crippen LogP contribution is -2.48.